The first-order valence-corrected chi connectivity index (χ1v) is 4.95. The molecular formula is C2H4Cl2OSi2. The molecule has 0 aromatic carbocycles. The van der Waals surface area contributed by atoms with E-state index >= 15 is 0 Å². The molecule has 0 heterocycles. The van der Waals surface area contributed by atoms with Crippen molar-refractivity contribution in [1.82, 2.24) is 0 Å². The van der Waals surface area contributed by atoms with Gasteiger partial charge in [-0.3, -0.25) is 0 Å². The van der Waals surface area contributed by atoms with Gasteiger partial charge in [-0.1, -0.05) is 0 Å². The summed E-state index contributed by atoms with van der Waals surface area (Å²) in [6, 6.07) is 0. The molecule has 0 N–H and O–H groups in total. The number of hydrogen-bond acceptors (Lipinski definition) is 1. The van der Waals surface area contributed by atoms with E-state index in [4.69, 9.17) is 27.3 Å². The van der Waals surface area contributed by atoms with Crippen molar-refractivity contribution in [2.24, 2.45) is 0 Å². The Hall–Kier alpha value is 0.974. The topological polar surface area (TPSA) is 9.23 Å². The van der Waals surface area contributed by atoms with Crippen molar-refractivity contribution in [2.45, 2.75) is 0 Å². The number of rotatable bonds is 3. The first kappa shape index (κ1) is 7.97. The lowest BCUT2D eigenvalue weighted by atomic mass is 11.8. The van der Waals surface area contributed by atoms with Gasteiger partial charge in [0.1, 0.15) is 0 Å². The van der Waals surface area contributed by atoms with Crippen molar-refractivity contribution in [3.05, 3.63) is 0 Å². The molecule has 0 saturated carbocycles. The molecule has 40 valence electrons. The van der Waals surface area contributed by atoms with Crippen LogP contribution in [0.1, 0.15) is 0 Å². The SMILES string of the molecule is [Si]O[Si](CCl)CCl. The average molecular weight is 171 g/mol. The molecule has 0 unspecified atom stereocenters. The first-order valence-electron chi connectivity index (χ1n) is 1.65. The van der Waals surface area contributed by atoms with Crippen molar-refractivity contribution >= 4 is 42.7 Å². The fraction of sp³-hybridized carbons (Fsp3) is 1.00. The fourth-order valence-corrected chi connectivity index (χ4v) is 2.44. The summed E-state index contributed by atoms with van der Waals surface area (Å²) in [6.07, 6.45) is 0. The van der Waals surface area contributed by atoms with Crippen LogP contribution in [0, 0.1) is 0 Å². The molecule has 1 nitrogen and oxygen atoms in total. The lowest BCUT2D eigenvalue weighted by Gasteiger charge is -2.00. The van der Waals surface area contributed by atoms with E-state index < -0.39 is 9.04 Å². The van der Waals surface area contributed by atoms with Gasteiger partial charge in [0.2, 0.25) is 19.5 Å². The Labute approximate surface area is 58.2 Å². The summed E-state index contributed by atoms with van der Waals surface area (Å²) in [5.41, 5.74) is 1.05. The molecule has 0 spiro atoms. The monoisotopic (exact) mass is 170 g/mol. The second-order valence-electron chi connectivity index (χ2n) is 0.908. The van der Waals surface area contributed by atoms with Gasteiger partial charge in [-0.25, -0.2) is 0 Å². The van der Waals surface area contributed by atoms with E-state index in [0.717, 1.165) is 0 Å². The molecule has 0 atom stereocenters. The van der Waals surface area contributed by atoms with Crippen molar-refractivity contribution < 1.29 is 4.12 Å². The number of halogens is 2. The summed E-state index contributed by atoms with van der Waals surface area (Å²) in [7, 11) is 1.94. The molecule has 0 aliphatic carbocycles. The van der Waals surface area contributed by atoms with E-state index in [1.54, 1.807) is 0 Å². The fourth-order valence-electron chi connectivity index (χ4n) is 0.0903. The van der Waals surface area contributed by atoms with Crippen LogP contribution in [0.15, 0.2) is 0 Å². The van der Waals surface area contributed by atoms with Crippen LogP contribution in [0.2, 0.25) is 0 Å². The van der Waals surface area contributed by atoms with Crippen molar-refractivity contribution in [1.29, 1.82) is 0 Å². The average Bonchev–Trinajstić information content (AvgIpc) is 1.72. The van der Waals surface area contributed by atoms with Gasteiger partial charge in [0.25, 0.3) is 0 Å². The van der Waals surface area contributed by atoms with Gasteiger partial charge in [0.05, 0.1) is 0 Å². The Bertz CT molecular complexity index is 35.2. The molecule has 0 saturated heterocycles. The van der Waals surface area contributed by atoms with Gasteiger partial charge in [-0.05, 0) is 0 Å². The molecule has 5 heteroatoms. The zero-order chi connectivity index (χ0) is 5.70. The molecule has 0 fully saturated rings. The molecule has 0 rings (SSSR count). The van der Waals surface area contributed by atoms with Crippen LogP contribution in [-0.2, 0) is 4.12 Å². The Morgan fingerprint density at radius 3 is 1.86 bits per heavy atom. The molecule has 7 heavy (non-hydrogen) atoms. The maximum absolute atomic E-state index is 5.37. The van der Waals surface area contributed by atoms with Crippen LogP contribution in [-0.4, -0.2) is 30.5 Å². The van der Waals surface area contributed by atoms with Crippen molar-refractivity contribution in [2.75, 3.05) is 11.0 Å². The van der Waals surface area contributed by atoms with Crippen molar-refractivity contribution in [3.8, 4) is 0 Å². The maximum atomic E-state index is 5.37. The molecule has 0 aromatic rings. The zero-order valence-corrected chi connectivity index (χ0v) is 7.09. The predicted molar refractivity (Wildman–Crippen MR) is 34.0 cm³/mol. The highest BCUT2D eigenvalue weighted by Crippen LogP contribution is 1.89. The predicted octanol–water partition coefficient (Wildman–Crippen LogP) is 0.634. The maximum Gasteiger partial charge on any atom is 0.229 e. The highest BCUT2D eigenvalue weighted by atomic mass is 35.5. The molecular weight excluding hydrogens is 167 g/mol. The summed E-state index contributed by atoms with van der Waals surface area (Å²) < 4.78 is 4.69. The minimum absolute atomic E-state index is 0.525. The molecule has 0 bridgehead atoms. The highest BCUT2D eigenvalue weighted by molar-refractivity contribution is 6.70. The Morgan fingerprint density at radius 1 is 1.43 bits per heavy atom. The van der Waals surface area contributed by atoms with E-state index in [2.05, 4.69) is 10.5 Å². The minimum Gasteiger partial charge on any atom is -0.456 e. The molecule has 4 radical (unpaired) electrons. The molecule has 0 aromatic heterocycles. The second kappa shape index (κ2) is 5.12. The Morgan fingerprint density at radius 2 is 1.86 bits per heavy atom. The molecule has 0 aliphatic rings. The summed E-state index contributed by atoms with van der Waals surface area (Å²) in [5, 5.41) is 0. The van der Waals surface area contributed by atoms with Crippen molar-refractivity contribution in [3.63, 3.8) is 0 Å². The summed E-state index contributed by atoms with van der Waals surface area (Å²) >= 11 is 10.7. The minimum atomic E-state index is -0.918. The van der Waals surface area contributed by atoms with Crippen LogP contribution in [0.3, 0.4) is 0 Å². The van der Waals surface area contributed by atoms with Crippen LogP contribution in [0.4, 0.5) is 0 Å². The van der Waals surface area contributed by atoms with E-state index in [-0.39, 0.29) is 0 Å². The number of hydrogen-bond donors (Lipinski definition) is 0. The van der Waals surface area contributed by atoms with Crippen LogP contribution >= 0.6 is 23.2 Å². The highest BCUT2D eigenvalue weighted by Gasteiger charge is 2.04. The number of alkyl halides is 2. The Kier molecular flexibility index (Phi) is 5.83. The second-order valence-corrected chi connectivity index (χ2v) is 4.94. The largest absolute Gasteiger partial charge is 0.456 e. The van der Waals surface area contributed by atoms with Gasteiger partial charge >= 0.3 is 0 Å². The van der Waals surface area contributed by atoms with Crippen LogP contribution < -0.4 is 0 Å². The van der Waals surface area contributed by atoms with E-state index in [9.17, 15) is 0 Å². The summed E-state index contributed by atoms with van der Waals surface area (Å²) in [4.78, 5) is 0. The third-order valence-corrected chi connectivity index (χ3v) is 3.98. The Balaban J connectivity index is 2.99. The molecule has 0 amide bonds. The van der Waals surface area contributed by atoms with E-state index in [1.807, 2.05) is 0 Å². The smallest absolute Gasteiger partial charge is 0.229 e. The third kappa shape index (κ3) is 3.55. The van der Waals surface area contributed by atoms with Gasteiger partial charge in [0, 0.05) is 11.0 Å². The third-order valence-electron chi connectivity index (χ3n) is 0.442. The van der Waals surface area contributed by atoms with Crippen LogP contribution in [0.25, 0.3) is 0 Å². The van der Waals surface area contributed by atoms with Gasteiger partial charge in [-0.2, -0.15) is 0 Å². The van der Waals surface area contributed by atoms with E-state index in [0.29, 0.717) is 11.0 Å². The summed E-state index contributed by atoms with van der Waals surface area (Å²) in [6.45, 7) is 0. The van der Waals surface area contributed by atoms with Crippen LogP contribution in [0.5, 0.6) is 0 Å². The quantitative estimate of drug-likeness (QED) is 0.447. The zero-order valence-electron chi connectivity index (χ0n) is 3.58. The summed E-state index contributed by atoms with van der Waals surface area (Å²) in [5.74, 6) is 0. The lowest BCUT2D eigenvalue weighted by Crippen LogP contribution is -2.21. The standard InChI is InChI=1S/C2H4Cl2OSi2/c3-1-7(2-4)5-6/h1-2H2. The molecule has 0 aliphatic heterocycles. The van der Waals surface area contributed by atoms with E-state index in [1.165, 1.54) is 0 Å². The normalized spacial score (nSPS) is 10.3. The van der Waals surface area contributed by atoms with Gasteiger partial charge in [-0.15, -0.1) is 23.2 Å². The van der Waals surface area contributed by atoms with Gasteiger partial charge < -0.3 is 4.12 Å². The lowest BCUT2D eigenvalue weighted by molar-refractivity contribution is 0.644. The van der Waals surface area contributed by atoms with Gasteiger partial charge in [0.15, 0.2) is 0 Å². The first-order chi connectivity index (χ1) is 3.35.